The third-order valence-electron chi connectivity index (χ3n) is 4.36. The zero-order valence-electron chi connectivity index (χ0n) is 11.0. The van der Waals surface area contributed by atoms with E-state index in [4.69, 9.17) is 5.11 Å². The maximum atomic E-state index is 13.3. The number of amides is 1. The standard InChI is InChI=1S/C15H16FNO3/c16-12-3-1-2-11(8-12)15(5-6-15)14(20)17-7-4-10(9-17)13(18)19/h1-3,8,10H,4-7,9H2,(H,18,19)/t10-/m0/s1. The van der Waals surface area contributed by atoms with Crippen molar-refractivity contribution in [1.29, 1.82) is 0 Å². The van der Waals surface area contributed by atoms with E-state index in [1.165, 1.54) is 12.1 Å². The number of rotatable bonds is 3. The second kappa shape index (κ2) is 4.58. The summed E-state index contributed by atoms with van der Waals surface area (Å²) in [6.07, 6.45) is 1.92. The van der Waals surface area contributed by atoms with Gasteiger partial charge in [-0.2, -0.15) is 0 Å². The van der Waals surface area contributed by atoms with Crippen molar-refractivity contribution in [2.24, 2.45) is 5.92 Å². The molecule has 2 fully saturated rings. The molecule has 106 valence electrons. The number of halogens is 1. The second-order valence-corrected chi connectivity index (χ2v) is 5.67. The molecule has 4 nitrogen and oxygen atoms in total. The number of carbonyl (C=O) groups excluding carboxylic acids is 1. The first-order valence-corrected chi connectivity index (χ1v) is 6.81. The molecule has 20 heavy (non-hydrogen) atoms. The predicted octanol–water partition coefficient (Wildman–Crippen LogP) is 1.79. The molecule has 0 radical (unpaired) electrons. The number of aliphatic carboxylic acids is 1. The Morgan fingerprint density at radius 3 is 2.65 bits per heavy atom. The summed E-state index contributed by atoms with van der Waals surface area (Å²) in [5, 5.41) is 9.00. The van der Waals surface area contributed by atoms with Gasteiger partial charge in [-0.05, 0) is 37.0 Å². The number of carbonyl (C=O) groups is 2. The lowest BCUT2D eigenvalue weighted by Gasteiger charge is -2.23. The Kier molecular flexibility index (Phi) is 3.00. The molecule has 1 heterocycles. The molecule has 1 saturated heterocycles. The van der Waals surface area contributed by atoms with E-state index in [0.29, 0.717) is 31.4 Å². The van der Waals surface area contributed by atoms with Crippen LogP contribution in [0.15, 0.2) is 24.3 Å². The summed E-state index contributed by atoms with van der Waals surface area (Å²) in [6.45, 7) is 0.748. The van der Waals surface area contributed by atoms with Crippen LogP contribution in [0.5, 0.6) is 0 Å². The van der Waals surface area contributed by atoms with Gasteiger partial charge >= 0.3 is 5.97 Å². The van der Waals surface area contributed by atoms with E-state index < -0.39 is 17.3 Å². The van der Waals surface area contributed by atoms with Crippen LogP contribution >= 0.6 is 0 Å². The van der Waals surface area contributed by atoms with Crippen molar-refractivity contribution in [1.82, 2.24) is 4.90 Å². The van der Waals surface area contributed by atoms with Crippen LogP contribution in [0, 0.1) is 11.7 Å². The zero-order chi connectivity index (χ0) is 14.3. The lowest BCUT2D eigenvalue weighted by Crippen LogP contribution is -2.38. The molecule has 1 N–H and O–H groups in total. The van der Waals surface area contributed by atoms with Crippen LogP contribution in [0.2, 0.25) is 0 Å². The summed E-state index contributed by atoms with van der Waals surface area (Å²) in [7, 11) is 0. The van der Waals surface area contributed by atoms with Gasteiger partial charge < -0.3 is 10.0 Å². The third kappa shape index (κ3) is 2.07. The molecule has 3 rings (SSSR count). The molecule has 5 heteroatoms. The molecule has 1 aromatic rings. The molecule has 1 aromatic carbocycles. The molecule has 0 bridgehead atoms. The van der Waals surface area contributed by atoms with Crippen LogP contribution in [0.1, 0.15) is 24.8 Å². The molecule has 1 aliphatic carbocycles. The third-order valence-corrected chi connectivity index (χ3v) is 4.36. The van der Waals surface area contributed by atoms with Gasteiger partial charge in [0.15, 0.2) is 0 Å². The number of likely N-dealkylation sites (tertiary alicyclic amines) is 1. The molecule has 0 unspecified atom stereocenters. The molecular weight excluding hydrogens is 261 g/mol. The van der Waals surface area contributed by atoms with Gasteiger partial charge in [0.2, 0.25) is 5.91 Å². The summed E-state index contributed by atoms with van der Waals surface area (Å²) in [5.41, 5.74) is 0.0939. The van der Waals surface area contributed by atoms with Crippen LogP contribution in [0.25, 0.3) is 0 Å². The fourth-order valence-corrected chi connectivity index (χ4v) is 2.99. The Labute approximate surface area is 116 Å². The van der Waals surface area contributed by atoms with E-state index in [1.54, 1.807) is 17.0 Å². The fraction of sp³-hybridized carbons (Fsp3) is 0.467. The lowest BCUT2D eigenvalue weighted by atomic mass is 9.94. The Bertz CT molecular complexity index is 568. The Balaban J connectivity index is 1.79. The summed E-state index contributed by atoms with van der Waals surface area (Å²) in [6, 6.07) is 6.16. The SMILES string of the molecule is O=C(O)[C@H]1CCN(C(=O)C2(c3cccc(F)c3)CC2)C1. The minimum atomic E-state index is -0.851. The maximum Gasteiger partial charge on any atom is 0.308 e. The smallest absolute Gasteiger partial charge is 0.308 e. The van der Waals surface area contributed by atoms with E-state index in [9.17, 15) is 14.0 Å². The largest absolute Gasteiger partial charge is 0.481 e. The number of hydrogen-bond acceptors (Lipinski definition) is 2. The van der Waals surface area contributed by atoms with Gasteiger partial charge in [0.1, 0.15) is 5.82 Å². The number of nitrogens with zero attached hydrogens (tertiary/aromatic N) is 1. The zero-order valence-corrected chi connectivity index (χ0v) is 11.0. The van der Waals surface area contributed by atoms with Crippen molar-refractivity contribution < 1.29 is 19.1 Å². The van der Waals surface area contributed by atoms with Crippen LogP contribution in [0.3, 0.4) is 0 Å². The van der Waals surface area contributed by atoms with Crippen LogP contribution < -0.4 is 0 Å². The number of benzene rings is 1. The molecule has 1 saturated carbocycles. The normalized spacial score (nSPS) is 23.6. The first-order chi connectivity index (χ1) is 9.53. The summed E-state index contributed by atoms with van der Waals surface area (Å²) in [5.74, 6) is -1.71. The topological polar surface area (TPSA) is 57.6 Å². The predicted molar refractivity (Wildman–Crippen MR) is 69.6 cm³/mol. The first-order valence-electron chi connectivity index (χ1n) is 6.81. The Hall–Kier alpha value is -1.91. The molecule has 1 atom stereocenters. The lowest BCUT2D eigenvalue weighted by molar-refractivity contribution is -0.141. The highest BCUT2D eigenvalue weighted by molar-refractivity contribution is 5.92. The van der Waals surface area contributed by atoms with Gasteiger partial charge in [-0.1, -0.05) is 12.1 Å². The van der Waals surface area contributed by atoms with Crippen molar-refractivity contribution in [2.75, 3.05) is 13.1 Å². The van der Waals surface area contributed by atoms with Crippen LogP contribution in [-0.4, -0.2) is 35.0 Å². The molecular formula is C15H16FNO3. The van der Waals surface area contributed by atoms with Gasteiger partial charge in [0.05, 0.1) is 11.3 Å². The maximum absolute atomic E-state index is 13.3. The van der Waals surface area contributed by atoms with Crippen LogP contribution in [0.4, 0.5) is 4.39 Å². The quantitative estimate of drug-likeness (QED) is 0.916. The highest BCUT2D eigenvalue weighted by atomic mass is 19.1. The molecule has 1 amide bonds. The van der Waals surface area contributed by atoms with Crippen molar-refractivity contribution >= 4 is 11.9 Å². The van der Waals surface area contributed by atoms with E-state index in [0.717, 1.165) is 0 Å². The van der Waals surface area contributed by atoms with Gasteiger partial charge in [-0.3, -0.25) is 9.59 Å². The molecule has 0 spiro atoms. The number of carboxylic acids is 1. The van der Waals surface area contributed by atoms with Gasteiger partial charge in [-0.15, -0.1) is 0 Å². The monoisotopic (exact) mass is 277 g/mol. The fourth-order valence-electron chi connectivity index (χ4n) is 2.99. The van der Waals surface area contributed by atoms with Crippen molar-refractivity contribution in [2.45, 2.75) is 24.7 Å². The summed E-state index contributed by atoms with van der Waals surface area (Å²) in [4.78, 5) is 25.2. The first kappa shape index (κ1) is 13.1. The van der Waals surface area contributed by atoms with E-state index in [-0.39, 0.29) is 18.3 Å². The van der Waals surface area contributed by atoms with E-state index >= 15 is 0 Å². The van der Waals surface area contributed by atoms with Crippen molar-refractivity contribution in [3.63, 3.8) is 0 Å². The summed E-state index contributed by atoms with van der Waals surface area (Å²) < 4.78 is 13.3. The average Bonchev–Trinajstić information content (AvgIpc) is 3.08. The average molecular weight is 277 g/mol. The minimum Gasteiger partial charge on any atom is -0.481 e. The number of carboxylic acid groups (broad SMARTS) is 1. The highest BCUT2D eigenvalue weighted by Crippen LogP contribution is 2.50. The Morgan fingerprint density at radius 1 is 1.35 bits per heavy atom. The molecule has 0 aromatic heterocycles. The van der Waals surface area contributed by atoms with Gasteiger partial charge in [0, 0.05) is 13.1 Å². The summed E-state index contributed by atoms with van der Waals surface area (Å²) >= 11 is 0. The van der Waals surface area contributed by atoms with Crippen LogP contribution in [-0.2, 0) is 15.0 Å². The van der Waals surface area contributed by atoms with E-state index in [1.807, 2.05) is 0 Å². The number of hydrogen-bond donors (Lipinski definition) is 1. The van der Waals surface area contributed by atoms with Crippen molar-refractivity contribution in [3.8, 4) is 0 Å². The van der Waals surface area contributed by atoms with Gasteiger partial charge in [-0.25, -0.2) is 4.39 Å². The highest BCUT2D eigenvalue weighted by Gasteiger charge is 2.54. The van der Waals surface area contributed by atoms with E-state index in [2.05, 4.69) is 0 Å². The Morgan fingerprint density at radius 2 is 2.10 bits per heavy atom. The molecule has 1 aliphatic heterocycles. The minimum absolute atomic E-state index is 0.0492. The molecule has 2 aliphatic rings. The second-order valence-electron chi connectivity index (χ2n) is 5.67. The van der Waals surface area contributed by atoms with Crippen molar-refractivity contribution in [3.05, 3.63) is 35.6 Å². The van der Waals surface area contributed by atoms with Gasteiger partial charge in [0.25, 0.3) is 0 Å².